The fraction of sp³-hybridized carbons (Fsp3) is 0.333. The Kier molecular flexibility index (Phi) is 4.30. The Labute approximate surface area is 170 Å². The van der Waals surface area contributed by atoms with Crippen molar-refractivity contribution in [2.45, 2.75) is 51.4 Å². The highest BCUT2D eigenvalue weighted by Crippen LogP contribution is 2.50. The first kappa shape index (κ1) is 19.2. The molecule has 1 saturated carbocycles. The van der Waals surface area contributed by atoms with Crippen LogP contribution in [0.2, 0.25) is 0 Å². The summed E-state index contributed by atoms with van der Waals surface area (Å²) in [6, 6.07) is 11.1. The number of hydrogen-bond donors (Lipinski definition) is 3. The third-order valence-corrected chi connectivity index (χ3v) is 5.90. The van der Waals surface area contributed by atoms with Crippen LogP contribution in [0.4, 0.5) is 5.69 Å². The van der Waals surface area contributed by atoms with Gasteiger partial charge in [-0.1, -0.05) is 32.9 Å². The number of H-pyrrole nitrogens is 1. The van der Waals surface area contributed by atoms with E-state index in [4.69, 9.17) is 0 Å². The Balaban J connectivity index is 1.67. The Hall–Kier alpha value is -3.08. The lowest BCUT2D eigenvalue weighted by Crippen LogP contribution is -2.27. The molecule has 0 aliphatic heterocycles. The number of benzene rings is 2. The van der Waals surface area contributed by atoms with Crippen LogP contribution in [-0.4, -0.2) is 22.3 Å². The number of nitrogens with one attached hydrogen (secondary N) is 2. The molecule has 0 radical (unpaired) electrons. The Morgan fingerprint density at radius 3 is 2.48 bits per heavy atom. The molecule has 0 unspecified atom stereocenters. The molecule has 3 aromatic rings. The predicted molar refractivity (Wildman–Crippen MR) is 115 cm³/mol. The van der Waals surface area contributed by atoms with Crippen LogP contribution in [0, 0.1) is 6.92 Å². The number of carbonyl (C=O) groups excluding carboxylic acids is 2. The maximum Gasteiger partial charge on any atom is 0.235 e. The zero-order valence-corrected chi connectivity index (χ0v) is 17.2. The summed E-state index contributed by atoms with van der Waals surface area (Å²) in [4.78, 5) is 28.1. The number of carbonyl (C=O) groups is 2. The average Bonchev–Trinajstić information content (AvgIpc) is 3.35. The quantitative estimate of drug-likeness (QED) is 0.551. The number of aromatic nitrogens is 1. The van der Waals surface area contributed by atoms with E-state index in [1.165, 1.54) is 0 Å². The summed E-state index contributed by atoms with van der Waals surface area (Å²) in [5.41, 5.74) is 3.86. The van der Waals surface area contributed by atoms with Gasteiger partial charge in [-0.3, -0.25) is 9.59 Å². The van der Waals surface area contributed by atoms with Crippen LogP contribution >= 0.6 is 0 Å². The van der Waals surface area contributed by atoms with Gasteiger partial charge in [0.2, 0.25) is 5.91 Å². The maximum absolute atomic E-state index is 13.1. The smallest absolute Gasteiger partial charge is 0.235 e. The topological polar surface area (TPSA) is 82.2 Å². The average molecular weight is 390 g/mol. The van der Waals surface area contributed by atoms with Crippen molar-refractivity contribution in [3.05, 3.63) is 58.8 Å². The molecular weight excluding hydrogens is 364 g/mol. The van der Waals surface area contributed by atoms with Gasteiger partial charge in [0.15, 0.2) is 6.29 Å². The molecule has 0 atom stereocenters. The molecule has 2 aromatic carbocycles. The maximum atomic E-state index is 13.1. The van der Waals surface area contributed by atoms with Gasteiger partial charge in [-0.2, -0.15) is 0 Å². The van der Waals surface area contributed by atoms with Gasteiger partial charge in [-0.05, 0) is 55.2 Å². The molecule has 1 aliphatic rings. The molecule has 3 N–H and O–H groups in total. The van der Waals surface area contributed by atoms with Gasteiger partial charge in [0.25, 0.3) is 0 Å². The summed E-state index contributed by atoms with van der Waals surface area (Å²) < 4.78 is 0. The van der Waals surface area contributed by atoms with Gasteiger partial charge in [-0.25, -0.2) is 0 Å². The van der Waals surface area contributed by atoms with Crippen LogP contribution < -0.4 is 5.32 Å². The number of aromatic hydroxyl groups is 1. The van der Waals surface area contributed by atoms with E-state index in [1.54, 1.807) is 12.1 Å². The van der Waals surface area contributed by atoms with Gasteiger partial charge in [0, 0.05) is 27.7 Å². The molecule has 1 aromatic heterocycles. The van der Waals surface area contributed by atoms with Crippen LogP contribution in [-0.2, 0) is 15.6 Å². The van der Waals surface area contributed by atoms with E-state index in [-0.39, 0.29) is 17.1 Å². The number of phenolic OH excluding ortho intramolecular Hbond substituents is 1. The predicted octanol–water partition coefficient (Wildman–Crippen LogP) is 4.96. The highest BCUT2D eigenvalue weighted by Gasteiger charge is 2.51. The number of fused-ring (bicyclic) bond motifs is 1. The van der Waals surface area contributed by atoms with Gasteiger partial charge in [0.05, 0.1) is 10.9 Å². The zero-order chi connectivity index (χ0) is 21.0. The molecule has 1 amide bonds. The van der Waals surface area contributed by atoms with Gasteiger partial charge < -0.3 is 15.4 Å². The molecule has 4 rings (SSSR count). The lowest BCUT2D eigenvalue weighted by atomic mass is 9.92. The van der Waals surface area contributed by atoms with Crippen molar-refractivity contribution in [3.8, 4) is 5.75 Å². The minimum Gasteiger partial charge on any atom is -0.508 e. The molecule has 1 heterocycles. The van der Waals surface area contributed by atoms with Crippen molar-refractivity contribution >= 4 is 28.8 Å². The van der Waals surface area contributed by atoms with Crippen molar-refractivity contribution in [3.63, 3.8) is 0 Å². The van der Waals surface area contributed by atoms with E-state index in [2.05, 4.69) is 31.1 Å². The monoisotopic (exact) mass is 390 g/mol. The lowest BCUT2D eigenvalue weighted by molar-refractivity contribution is -0.118. The zero-order valence-electron chi connectivity index (χ0n) is 17.2. The SMILES string of the molecule is Cc1ccc(C2(C(=O)Nc3cc(C=O)c4[nH]c(C(C)(C)C)cc4c3)CC2)cc1O. The Morgan fingerprint density at radius 2 is 1.90 bits per heavy atom. The first-order valence-corrected chi connectivity index (χ1v) is 9.88. The van der Waals surface area contributed by atoms with E-state index in [0.29, 0.717) is 11.3 Å². The summed E-state index contributed by atoms with van der Waals surface area (Å²) >= 11 is 0. The highest BCUT2D eigenvalue weighted by atomic mass is 16.3. The first-order chi connectivity index (χ1) is 13.6. The standard InChI is InChI=1S/C24H26N2O3/c1-14-5-6-17(12-19(14)28)24(7-8-24)22(29)25-18-9-15-11-20(23(2,3)4)26-21(15)16(10-18)13-27/h5-6,9-13,26,28H,7-8H2,1-4H3,(H,25,29). The molecule has 150 valence electrons. The van der Waals surface area contributed by atoms with Gasteiger partial charge >= 0.3 is 0 Å². The normalized spacial score (nSPS) is 15.3. The van der Waals surface area contributed by atoms with E-state index in [0.717, 1.165) is 46.9 Å². The fourth-order valence-electron chi connectivity index (χ4n) is 3.77. The van der Waals surface area contributed by atoms with Crippen molar-refractivity contribution in [1.82, 2.24) is 4.98 Å². The third kappa shape index (κ3) is 3.31. The second-order valence-corrected chi connectivity index (χ2v) is 9.12. The summed E-state index contributed by atoms with van der Waals surface area (Å²) in [5.74, 6) is 0.0943. The number of phenols is 1. The number of aromatic amines is 1. The molecule has 1 aliphatic carbocycles. The summed E-state index contributed by atoms with van der Waals surface area (Å²) in [5, 5.41) is 13.9. The fourth-order valence-corrected chi connectivity index (χ4v) is 3.77. The number of aryl methyl sites for hydroxylation is 1. The molecule has 0 spiro atoms. The van der Waals surface area contributed by atoms with Crippen LogP contribution in [0.5, 0.6) is 5.75 Å². The molecule has 0 saturated heterocycles. The molecule has 1 fully saturated rings. The second kappa shape index (κ2) is 6.48. The van der Waals surface area contributed by atoms with Crippen molar-refractivity contribution < 1.29 is 14.7 Å². The first-order valence-electron chi connectivity index (χ1n) is 9.88. The molecule has 5 nitrogen and oxygen atoms in total. The largest absolute Gasteiger partial charge is 0.508 e. The van der Waals surface area contributed by atoms with E-state index in [9.17, 15) is 14.7 Å². The molecule has 0 bridgehead atoms. The minimum atomic E-state index is -0.615. The Bertz CT molecular complexity index is 1130. The van der Waals surface area contributed by atoms with E-state index in [1.807, 2.05) is 31.2 Å². The van der Waals surface area contributed by atoms with Crippen LogP contribution in [0.1, 0.15) is 60.8 Å². The van der Waals surface area contributed by atoms with E-state index < -0.39 is 5.41 Å². The third-order valence-electron chi connectivity index (χ3n) is 5.90. The van der Waals surface area contributed by atoms with E-state index >= 15 is 0 Å². The second-order valence-electron chi connectivity index (χ2n) is 9.12. The number of rotatable bonds is 4. The number of aldehydes is 1. The van der Waals surface area contributed by atoms with Crippen molar-refractivity contribution in [1.29, 1.82) is 0 Å². The van der Waals surface area contributed by atoms with Crippen LogP contribution in [0.15, 0.2) is 36.4 Å². The molecule has 5 heteroatoms. The molecular formula is C24H26N2O3. The number of amides is 1. The lowest BCUT2D eigenvalue weighted by Gasteiger charge is -2.17. The Morgan fingerprint density at radius 1 is 1.17 bits per heavy atom. The highest BCUT2D eigenvalue weighted by molar-refractivity contribution is 6.05. The molecule has 29 heavy (non-hydrogen) atoms. The summed E-state index contributed by atoms with van der Waals surface area (Å²) in [6.45, 7) is 8.15. The summed E-state index contributed by atoms with van der Waals surface area (Å²) in [6.07, 6.45) is 2.29. The van der Waals surface area contributed by atoms with Crippen molar-refractivity contribution in [2.24, 2.45) is 0 Å². The van der Waals surface area contributed by atoms with Crippen molar-refractivity contribution in [2.75, 3.05) is 5.32 Å². The van der Waals surface area contributed by atoms with Crippen LogP contribution in [0.3, 0.4) is 0 Å². The summed E-state index contributed by atoms with van der Waals surface area (Å²) in [7, 11) is 0. The number of anilines is 1. The minimum absolute atomic E-state index is 0.0753. The number of hydrogen-bond acceptors (Lipinski definition) is 3. The van der Waals surface area contributed by atoms with Crippen LogP contribution in [0.25, 0.3) is 10.9 Å². The van der Waals surface area contributed by atoms with Gasteiger partial charge in [0.1, 0.15) is 5.75 Å². The van der Waals surface area contributed by atoms with Gasteiger partial charge in [-0.15, -0.1) is 0 Å².